The van der Waals surface area contributed by atoms with Crippen molar-refractivity contribution in [3.63, 3.8) is 0 Å². The zero-order valence-corrected chi connectivity index (χ0v) is 17.2. The van der Waals surface area contributed by atoms with Crippen molar-refractivity contribution in [3.05, 3.63) is 95.6 Å². The summed E-state index contributed by atoms with van der Waals surface area (Å²) in [7, 11) is 0. The van der Waals surface area contributed by atoms with Gasteiger partial charge in [-0.25, -0.2) is 0 Å². The second-order valence-electron chi connectivity index (χ2n) is 7.51. The molecule has 0 saturated carbocycles. The number of rotatable bonds is 7. The third-order valence-electron chi connectivity index (χ3n) is 4.60. The molecule has 0 unspecified atom stereocenters. The van der Waals surface area contributed by atoms with E-state index < -0.39 is 11.7 Å². The molecule has 0 aliphatic rings. The first-order valence-corrected chi connectivity index (χ1v) is 10.5. The van der Waals surface area contributed by atoms with E-state index in [2.05, 4.69) is 19.9 Å². The summed E-state index contributed by atoms with van der Waals surface area (Å²) in [6, 6.07) is 23.1. The van der Waals surface area contributed by atoms with Gasteiger partial charge in [0.15, 0.2) is 0 Å². The van der Waals surface area contributed by atoms with Crippen molar-refractivity contribution in [2.75, 3.05) is 5.75 Å². The van der Waals surface area contributed by atoms with E-state index in [1.807, 2.05) is 48.5 Å². The highest BCUT2D eigenvalue weighted by Gasteiger charge is 2.31. The summed E-state index contributed by atoms with van der Waals surface area (Å²) in [5.41, 5.74) is 1.21. The molecule has 1 nitrogen and oxygen atoms in total. The Morgan fingerprint density at radius 3 is 2.03 bits per heavy atom. The number of alkyl halides is 3. The topological polar surface area (TPSA) is 9.23 Å². The Hall–Kier alpha value is -2.40. The molecule has 152 valence electrons. The molecule has 0 aliphatic heterocycles. The Kier molecular flexibility index (Phi) is 6.58. The van der Waals surface area contributed by atoms with Gasteiger partial charge in [-0.05, 0) is 52.9 Å². The van der Waals surface area contributed by atoms with Crippen LogP contribution in [0.15, 0.2) is 78.9 Å². The molecule has 0 saturated heterocycles. The van der Waals surface area contributed by atoms with Gasteiger partial charge < -0.3 is 4.74 Å². The van der Waals surface area contributed by atoms with Crippen LogP contribution in [0.4, 0.5) is 13.2 Å². The van der Waals surface area contributed by atoms with E-state index in [-0.39, 0.29) is 5.41 Å². The number of thioether (sulfide) groups is 1. The van der Waals surface area contributed by atoms with Crippen LogP contribution >= 0.6 is 11.8 Å². The SMILES string of the molecule is CC(C)(CSCc1cccc(Oc2ccccc2)c1)c1ccc(C(F)(F)F)cc1. The minimum absolute atomic E-state index is 0.229. The molecule has 0 amide bonds. The summed E-state index contributed by atoms with van der Waals surface area (Å²) < 4.78 is 44.2. The van der Waals surface area contributed by atoms with Gasteiger partial charge in [-0.3, -0.25) is 0 Å². The fourth-order valence-corrected chi connectivity index (χ4v) is 4.14. The molecular formula is C24H23F3OS. The van der Waals surface area contributed by atoms with Gasteiger partial charge in [-0.15, -0.1) is 0 Å². The second kappa shape index (κ2) is 8.95. The van der Waals surface area contributed by atoms with Crippen LogP contribution < -0.4 is 4.74 Å². The largest absolute Gasteiger partial charge is 0.457 e. The van der Waals surface area contributed by atoms with Crippen LogP contribution in [-0.2, 0) is 17.3 Å². The Balaban J connectivity index is 1.58. The van der Waals surface area contributed by atoms with Crippen molar-refractivity contribution in [2.45, 2.75) is 31.2 Å². The Bertz CT molecular complexity index is 919. The number of hydrogen-bond donors (Lipinski definition) is 0. The van der Waals surface area contributed by atoms with Crippen LogP contribution in [0.3, 0.4) is 0 Å². The summed E-state index contributed by atoms with van der Waals surface area (Å²) in [5, 5.41) is 0. The highest BCUT2D eigenvalue weighted by atomic mass is 32.2. The van der Waals surface area contributed by atoms with Gasteiger partial charge in [0.05, 0.1) is 5.56 Å². The Morgan fingerprint density at radius 2 is 1.38 bits per heavy atom. The molecule has 0 fully saturated rings. The highest BCUT2D eigenvalue weighted by molar-refractivity contribution is 7.98. The number of para-hydroxylation sites is 1. The summed E-state index contributed by atoms with van der Waals surface area (Å²) in [5.74, 6) is 3.18. The molecule has 0 aliphatic carbocycles. The number of benzene rings is 3. The van der Waals surface area contributed by atoms with Gasteiger partial charge >= 0.3 is 6.18 Å². The summed E-state index contributed by atoms with van der Waals surface area (Å²) >= 11 is 1.76. The third kappa shape index (κ3) is 6.04. The Morgan fingerprint density at radius 1 is 0.759 bits per heavy atom. The minimum Gasteiger partial charge on any atom is -0.457 e. The van der Waals surface area contributed by atoms with E-state index in [9.17, 15) is 13.2 Å². The van der Waals surface area contributed by atoms with Crippen molar-refractivity contribution in [1.82, 2.24) is 0 Å². The third-order valence-corrected chi connectivity index (χ3v) is 6.07. The molecule has 0 spiro atoms. The molecule has 0 heterocycles. The van der Waals surface area contributed by atoms with E-state index >= 15 is 0 Å². The number of halogens is 3. The molecule has 5 heteroatoms. The lowest BCUT2D eigenvalue weighted by Crippen LogP contribution is -2.21. The van der Waals surface area contributed by atoms with Gasteiger partial charge in [0.2, 0.25) is 0 Å². The zero-order chi connectivity index (χ0) is 20.9. The minimum atomic E-state index is -4.30. The fraction of sp³-hybridized carbons (Fsp3) is 0.250. The second-order valence-corrected chi connectivity index (χ2v) is 8.50. The van der Waals surface area contributed by atoms with Gasteiger partial charge in [-0.2, -0.15) is 24.9 Å². The molecule has 0 radical (unpaired) electrons. The van der Waals surface area contributed by atoms with E-state index in [0.29, 0.717) is 0 Å². The molecule has 0 atom stereocenters. The first-order valence-electron chi connectivity index (χ1n) is 9.31. The van der Waals surface area contributed by atoms with Crippen molar-refractivity contribution in [3.8, 4) is 11.5 Å². The van der Waals surface area contributed by atoms with Crippen LogP contribution in [0.5, 0.6) is 11.5 Å². The highest BCUT2D eigenvalue weighted by Crippen LogP contribution is 2.33. The zero-order valence-electron chi connectivity index (χ0n) is 16.4. The molecule has 0 N–H and O–H groups in total. The predicted molar refractivity (Wildman–Crippen MR) is 114 cm³/mol. The quantitative estimate of drug-likeness (QED) is 0.390. The van der Waals surface area contributed by atoms with Crippen molar-refractivity contribution < 1.29 is 17.9 Å². The first-order chi connectivity index (χ1) is 13.7. The first kappa shape index (κ1) is 21.3. The Labute approximate surface area is 173 Å². The lowest BCUT2D eigenvalue weighted by molar-refractivity contribution is -0.137. The van der Waals surface area contributed by atoms with Crippen LogP contribution in [0.1, 0.15) is 30.5 Å². The van der Waals surface area contributed by atoms with Crippen molar-refractivity contribution in [2.24, 2.45) is 0 Å². The average molecular weight is 417 g/mol. The number of hydrogen-bond acceptors (Lipinski definition) is 2. The van der Waals surface area contributed by atoms with Gasteiger partial charge in [0, 0.05) is 11.5 Å². The summed E-state index contributed by atoms with van der Waals surface area (Å²) in [6.45, 7) is 4.11. The average Bonchev–Trinajstić information content (AvgIpc) is 2.68. The molecule has 3 rings (SSSR count). The normalized spacial score (nSPS) is 12.0. The standard InChI is InChI=1S/C24H23F3OS/c1-23(2,19-11-13-20(14-12-19)24(25,26)27)17-29-16-18-7-6-10-22(15-18)28-21-8-4-3-5-9-21/h3-15H,16-17H2,1-2H3. The maximum atomic E-state index is 12.8. The van der Waals surface area contributed by atoms with E-state index in [1.54, 1.807) is 23.9 Å². The molecule has 3 aromatic carbocycles. The van der Waals surface area contributed by atoms with Crippen LogP contribution in [0, 0.1) is 0 Å². The van der Waals surface area contributed by atoms with Crippen molar-refractivity contribution >= 4 is 11.8 Å². The maximum absolute atomic E-state index is 12.8. The van der Waals surface area contributed by atoms with E-state index in [0.717, 1.165) is 46.3 Å². The van der Waals surface area contributed by atoms with Gasteiger partial charge in [0.1, 0.15) is 11.5 Å². The molecule has 29 heavy (non-hydrogen) atoms. The molecule has 0 aromatic heterocycles. The van der Waals surface area contributed by atoms with Crippen molar-refractivity contribution in [1.29, 1.82) is 0 Å². The van der Waals surface area contributed by atoms with Gasteiger partial charge in [0.25, 0.3) is 0 Å². The summed E-state index contributed by atoms with van der Waals surface area (Å²) in [6.07, 6.45) is -4.30. The van der Waals surface area contributed by atoms with E-state index in [1.165, 1.54) is 0 Å². The maximum Gasteiger partial charge on any atom is 0.416 e. The lowest BCUT2D eigenvalue weighted by atomic mass is 9.86. The molecule has 0 bridgehead atoms. The van der Waals surface area contributed by atoms with E-state index in [4.69, 9.17) is 4.74 Å². The predicted octanol–water partition coefficient (Wildman–Crippen LogP) is 7.71. The van der Waals surface area contributed by atoms with Crippen LogP contribution in [-0.4, -0.2) is 5.75 Å². The smallest absolute Gasteiger partial charge is 0.416 e. The molecule has 3 aromatic rings. The lowest BCUT2D eigenvalue weighted by Gasteiger charge is -2.25. The van der Waals surface area contributed by atoms with Crippen LogP contribution in [0.2, 0.25) is 0 Å². The summed E-state index contributed by atoms with van der Waals surface area (Å²) in [4.78, 5) is 0. The van der Waals surface area contributed by atoms with Crippen LogP contribution in [0.25, 0.3) is 0 Å². The molecular weight excluding hydrogens is 393 g/mol. The van der Waals surface area contributed by atoms with Gasteiger partial charge in [-0.1, -0.05) is 56.3 Å². The number of ether oxygens (including phenoxy) is 1. The monoisotopic (exact) mass is 416 g/mol. The fourth-order valence-electron chi connectivity index (χ4n) is 2.94.